The summed E-state index contributed by atoms with van der Waals surface area (Å²) in [6.07, 6.45) is 0.285. The molecule has 0 N–H and O–H groups in total. The van der Waals surface area contributed by atoms with Crippen molar-refractivity contribution in [2.24, 2.45) is 0 Å². The normalized spacial score (nSPS) is 14.9. The van der Waals surface area contributed by atoms with Crippen LogP contribution in [0.5, 0.6) is 0 Å². The summed E-state index contributed by atoms with van der Waals surface area (Å²) in [4.78, 5) is 16.7. The molecule has 2 aromatic rings. The van der Waals surface area contributed by atoms with Gasteiger partial charge in [0.25, 0.3) is 5.69 Å². The molecule has 11 heteroatoms. The quantitative estimate of drug-likeness (QED) is 0.339. The van der Waals surface area contributed by atoms with Crippen molar-refractivity contribution in [1.82, 2.24) is 4.98 Å². The monoisotopic (exact) mass is 425 g/mol. The van der Waals surface area contributed by atoms with Crippen LogP contribution in [0.1, 0.15) is 25.3 Å². The Morgan fingerprint density at radius 1 is 1.17 bits per heavy atom. The number of morpholine rings is 1. The smallest absolute Gasteiger partial charge is 0.385 e. The van der Waals surface area contributed by atoms with Crippen molar-refractivity contribution in [2.75, 3.05) is 44.4 Å². The van der Waals surface area contributed by atoms with Crippen molar-refractivity contribution >= 4 is 24.6 Å². The maximum absolute atomic E-state index is 13.4. The first-order valence-electron chi connectivity index (χ1n) is 9.42. The van der Waals surface area contributed by atoms with Gasteiger partial charge in [-0.1, -0.05) is 12.1 Å². The standard InChI is InChI=1S/C18H24N3O7P/c1-3-26-29(24,27-4-2)17-18(20-9-11-25-12-10-20)28-16(19-17)13-14-5-7-15(8-6-14)21(22)23/h5-8H,3-4,9-13H2,1-2H3. The van der Waals surface area contributed by atoms with Gasteiger partial charge in [-0.3, -0.25) is 14.7 Å². The summed E-state index contributed by atoms with van der Waals surface area (Å²) in [5, 5.41) is 10.8. The first-order chi connectivity index (χ1) is 14.0. The van der Waals surface area contributed by atoms with E-state index in [0.717, 1.165) is 5.56 Å². The van der Waals surface area contributed by atoms with E-state index in [4.69, 9.17) is 18.2 Å². The number of hydrogen-bond acceptors (Lipinski definition) is 9. The average molecular weight is 425 g/mol. The van der Waals surface area contributed by atoms with E-state index in [9.17, 15) is 14.7 Å². The van der Waals surface area contributed by atoms with Gasteiger partial charge in [-0.25, -0.2) is 4.98 Å². The molecule has 3 rings (SSSR count). The van der Waals surface area contributed by atoms with Crippen molar-refractivity contribution in [3.8, 4) is 0 Å². The molecular formula is C18H24N3O7P. The van der Waals surface area contributed by atoms with Gasteiger partial charge in [0, 0.05) is 31.6 Å². The van der Waals surface area contributed by atoms with Gasteiger partial charge in [0.05, 0.1) is 31.4 Å². The molecule has 1 aliphatic heterocycles. The second-order valence-corrected chi connectivity index (χ2v) is 8.20. The van der Waals surface area contributed by atoms with E-state index in [-0.39, 0.29) is 30.8 Å². The molecule has 1 aliphatic rings. The maximum atomic E-state index is 13.4. The highest BCUT2D eigenvalue weighted by Gasteiger charge is 2.37. The zero-order valence-corrected chi connectivity index (χ0v) is 17.3. The highest BCUT2D eigenvalue weighted by Crippen LogP contribution is 2.49. The first kappa shape index (κ1) is 21.4. The van der Waals surface area contributed by atoms with E-state index in [1.807, 2.05) is 4.90 Å². The average Bonchev–Trinajstić information content (AvgIpc) is 3.14. The Morgan fingerprint density at radius 2 is 1.79 bits per heavy atom. The molecule has 0 unspecified atom stereocenters. The molecule has 0 bridgehead atoms. The summed E-state index contributed by atoms with van der Waals surface area (Å²) < 4.78 is 35.7. The molecule has 0 amide bonds. The molecule has 1 aromatic heterocycles. The van der Waals surface area contributed by atoms with Gasteiger partial charge in [-0.2, -0.15) is 0 Å². The lowest BCUT2D eigenvalue weighted by molar-refractivity contribution is -0.384. The van der Waals surface area contributed by atoms with Crippen LogP contribution in [0.3, 0.4) is 0 Å². The van der Waals surface area contributed by atoms with E-state index in [2.05, 4.69) is 4.98 Å². The summed E-state index contributed by atoms with van der Waals surface area (Å²) in [6, 6.07) is 6.13. The van der Waals surface area contributed by atoms with Crippen molar-refractivity contribution in [3.63, 3.8) is 0 Å². The number of ether oxygens (including phenoxy) is 1. The van der Waals surface area contributed by atoms with Gasteiger partial charge >= 0.3 is 7.60 Å². The van der Waals surface area contributed by atoms with E-state index < -0.39 is 12.5 Å². The van der Waals surface area contributed by atoms with Crippen molar-refractivity contribution < 1.29 is 27.7 Å². The molecule has 2 heterocycles. The number of hydrogen-bond donors (Lipinski definition) is 0. The highest BCUT2D eigenvalue weighted by atomic mass is 31.2. The Kier molecular flexibility index (Phi) is 7.02. The molecule has 158 valence electrons. The zero-order chi connectivity index (χ0) is 20.9. The summed E-state index contributed by atoms with van der Waals surface area (Å²) in [5.41, 5.74) is 0.938. The number of non-ortho nitro benzene ring substituents is 1. The molecule has 1 fully saturated rings. The van der Waals surface area contributed by atoms with E-state index >= 15 is 0 Å². The highest BCUT2D eigenvalue weighted by molar-refractivity contribution is 7.62. The fourth-order valence-corrected chi connectivity index (χ4v) is 4.64. The zero-order valence-electron chi connectivity index (χ0n) is 16.4. The third-order valence-corrected chi connectivity index (χ3v) is 6.30. The van der Waals surface area contributed by atoms with Gasteiger partial charge in [-0.05, 0) is 19.4 Å². The Balaban J connectivity index is 1.94. The van der Waals surface area contributed by atoms with Gasteiger partial charge in [0.15, 0.2) is 0 Å². The number of nitro groups is 1. The fraction of sp³-hybridized carbons (Fsp3) is 0.500. The molecule has 0 spiro atoms. The lowest BCUT2D eigenvalue weighted by Gasteiger charge is -2.27. The maximum Gasteiger partial charge on any atom is 0.385 e. The fourth-order valence-electron chi connectivity index (χ4n) is 2.98. The molecular weight excluding hydrogens is 401 g/mol. The minimum absolute atomic E-state index is 0.00745. The molecule has 0 atom stereocenters. The van der Waals surface area contributed by atoms with Crippen LogP contribution >= 0.6 is 7.60 Å². The second-order valence-electron chi connectivity index (χ2n) is 6.27. The van der Waals surface area contributed by atoms with Crippen LogP contribution < -0.4 is 10.3 Å². The van der Waals surface area contributed by atoms with Crippen LogP contribution in [-0.4, -0.2) is 49.4 Å². The minimum atomic E-state index is -3.66. The van der Waals surface area contributed by atoms with Gasteiger partial charge < -0.3 is 23.1 Å². The predicted octanol–water partition coefficient (Wildman–Crippen LogP) is 2.90. The number of nitro benzene ring substituents is 1. The van der Waals surface area contributed by atoms with Gasteiger partial charge in [-0.15, -0.1) is 0 Å². The number of nitrogens with zero attached hydrogens (tertiary/aromatic N) is 3. The van der Waals surface area contributed by atoms with Gasteiger partial charge in [0.2, 0.25) is 17.2 Å². The molecule has 0 aliphatic carbocycles. The van der Waals surface area contributed by atoms with Crippen LogP contribution in [0, 0.1) is 10.1 Å². The third-order valence-electron chi connectivity index (χ3n) is 4.29. The number of benzene rings is 1. The molecule has 1 saturated heterocycles. The Labute approximate surface area is 168 Å². The first-order valence-corrected chi connectivity index (χ1v) is 11.0. The van der Waals surface area contributed by atoms with Crippen LogP contribution in [0.2, 0.25) is 0 Å². The summed E-state index contributed by atoms with van der Waals surface area (Å²) in [6.45, 7) is 6.04. The number of anilines is 1. The Bertz CT molecular complexity index is 868. The van der Waals surface area contributed by atoms with Crippen molar-refractivity contribution in [2.45, 2.75) is 20.3 Å². The molecule has 29 heavy (non-hydrogen) atoms. The van der Waals surface area contributed by atoms with Crippen molar-refractivity contribution in [3.05, 3.63) is 45.8 Å². The number of aromatic nitrogens is 1. The van der Waals surface area contributed by atoms with Crippen LogP contribution in [0.4, 0.5) is 11.6 Å². The van der Waals surface area contributed by atoms with E-state index in [1.54, 1.807) is 26.0 Å². The Hall–Kier alpha value is -2.26. The minimum Gasteiger partial charge on any atom is -0.424 e. The number of rotatable bonds is 9. The number of oxazole rings is 1. The lowest BCUT2D eigenvalue weighted by atomic mass is 10.1. The second kappa shape index (κ2) is 9.49. The van der Waals surface area contributed by atoms with Gasteiger partial charge in [0.1, 0.15) is 0 Å². The summed E-state index contributed by atoms with van der Waals surface area (Å²) in [5.74, 6) is 0.686. The summed E-state index contributed by atoms with van der Waals surface area (Å²) >= 11 is 0. The molecule has 0 saturated carbocycles. The van der Waals surface area contributed by atoms with Crippen LogP contribution in [-0.2, 0) is 24.8 Å². The molecule has 0 radical (unpaired) electrons. The van der Waals surface area contributed by atoms with Crippen LogP contribution in [0.25, 0.3) is 0 Å². The predicted molar refractivity (Wildman–Crippen MR) is 106 cm³/mol. The van der Waals surface area contributed by atoms with Crippen molar-refractivity contribution in [1.29, 1.82) is 0 Å². The topological polar surface area (TPSA) is 117 Å². The lowest BCUT2D eigenvalue weighted by Crippen LogP contribution is -2.38. The van der Waals surface area contributed by atoms with Crippen LogP contribution in [0.15, 0.2) is 28.7 Å². The summed E-state index contributed by atoms with van der Waals surface area (Å²) in [7, 11) is -3.66. The van der Waals surface area contributed by atoms with E-state index in [1.165, 1.54) is 12.1 Å². The Morgan fingerprint density at radius 3 is 2.34 bits per heavy atom. The molecule has 10 nitrogen and oxygen atoms in total. The molecule has 1 aromatic carbocycles. The largest absolute Gasteiger partial charge is 0.424 e. The SMILES string of the molecule is CCOP(=O)(OCC)c1nc(Cc2ccc([N+](=O)[O-])cc2)oc1N1CCOCC1. The van der Waals surface area contributed by atoms with E-state index in [0.29, 0.717) is 38.1 Å². The third kappa shape index (κ3) is 5.02.